The highest BCUT2D eigenvalue weighted by Gasteiger charge is 2.13. The largest absolute Gasteiger partial charge is 0.452 e. The highest BCUT2D eigenvalue weighted by atomic mass is 79.9. The summed E-state index contributed by atoms with van der Waals surface area (Å²) < 4.78 is 11.7. The third-order valence-corrected chi connectivity index (χ3v) is 3.78. The molecule has 0 unspecified atom stereocenters. The molecule has 3 aromatic rings. The molecule has 0 bridgehead atoms. The van der Waals surface area contributed by atoms with E-state index in [1.54, 1.807) is 12.1 Å². The molecule has 116 valence electrons. The van der Waals surface area contributed by atoms with Gasteiger partial charge in [-0.05, 0) is 42.8 Å². The summed E-state index contributed by atoms with van der Waals surface area (Å²) in [7, 11) is 0. The molecule has 0 fully saturated rings. The number of carbonyl (C=O) groups excluding carboxylic acids is 1. The second-order valence-electron chi connectivity index (χ2n) is 4.90. The summed E-state index contributed by atoms with van der Waals surface area (Å²) in [5.74, 6) is 0.232. The Hall–Kier alpha value is -2.47. The third kappa shape index (κ3) is 3.65. The van der Waals surface area contributed by atoms with Crippen LogP contribution in [0.4, 0.5) is 0 Å². The number of hydrogen-bond donors (Lipinski definition) is 0. The summed E-state index contributed by atoms with van der Waals surface area (Å²) in [6.45, 7) is 1.80. The summed E-state index contributed by atoms with van der Waals surface area (Å²) in [4.78, 5) is 12.0. The second kappa shape index (κ2) is 6.75. The van der Waals surface area contributed by atoms with Crippen molar-refractivity contribution >= 4 is 21.9 Å². The molecule has 23 heavy (non-hydrogen) atoms. The van der Waals surface area contributed by atoms with E-state index in [1.165, 1.54) is 0 Å². The van der Waals surface area contributed by atoms with Crippen LogP contribution in [0.25, 0.3) is 11.5 Å². The molecule has 0 amide bonds. The van der Waals surface area contributed by atoms with Crippen molar-refractivity contribution in [1.82, 2.24) is 10.2 Å². The van der Waals surface area contributed by atoms with Crippen molar-refractivity contribution in [2.45, 2.75) is 13.5 Å². The Morgan fingerprint density at radius 1 is 1.13 bits per heavy atom. The van der Waals surface area contributed by atoms with Crippen LogP contribution >= 0.6 is 15.9 Å². The van der Waals surface area contributed by atoms with Crippen molar-refractivity contribution < 1.29 is 13.9 Å². The summed E-state index contributed by atoms with van der Waals surface area (Å²) in [5, 5.41) is 7.86. The monoisotopic (exact) mass is 372 g/mol. The minimum Gasteiger partial charge on any atom is -0.452 e. The normalized spacial score (nSPS) is 10.5. The molecule has 1 heterocycles. The molecule has 0 N–H and O–H groups in total. The first-order chi connectivity index (χ1) is 11.1. The minimum atomic E-state index is -0.411. The van der Waals surface area contributed by atoms with Crippen LogP contribution in [0.15, 0.2) is 57.4 Å². The van der Waals surface area contributed by atoms with Crippen molar-refractivity contribution in [2.24, 2.45) is 0 Å². The zero-order chi connectivity index (χ0) is 16.2. The van der Waals surface area contributed by atoms with Crippen LogP contribution in [-0.4, -0.2) is 16.2 Å². The van der Waals surface area contributed by atoms with Crippen LogP contribution in [0.5, 0.6) is 0 Å². The maximum atomic E-state index is 12.0. The maximum Gasteiger partial charge on any atom is 0.338 e. The first-order valence-electron chi connectivity index (χ1n) is 6.94. The molecule has 0 saturated heterocycles. The van der Waals surface area contributed by atoms with Crippen LogP contribution in [0.3, 0.4) is 0 Å². The summed E-state index contributed by atoms with van der Waals surface area (Å²) >= 11 is 3.37. The van der Waals surface area contributed by atoms with Gasteiger partial charge in [0.25, 0.3) is 5.89 Å². The highest BCUT2D eigenvalue weighted by Crippen LogP contribution is 2.21. The van der Waals surface area contributed by atoms with Gasteiger partial charge in [-0.15, -0.1) is 10.2 Å². The van der Waals surface area contributed by atoms with Crippen LogP contribution in [-0.2, 0) is 11.3 Å². The average Bonchev–Trinajstić information content (AvgIpc) is 3.03. The summed E-state index contributed by atoms with van der Waals surface area (Å²) in [6.07, 6.45) is 0. The smallest absolute Gasteiger partial charge is 0.338 e. The van der Waals surface area contributed by atoms with E-state index >= 15 is 0 Å². The van der Waals surface area contributed by atoms with Gasteiger partial charge in [0.2, 0.25) is 5.89 Å². The third-order valence-electron chi connectivity index (χ3n) is 3.25. The number of ether oxygens (including phenoxy) is 1. The van der Waals surface area contributed by atoms with Crippen LogP contribution < -0.4 is 0 Å². The van der Waals surface area contributed by atoms with Gasteiger partial charge in [0.15, 0.2) is 6.61 Å². The first kappa shape index (κ1) is 15.4. The van der Waals surface area contributed by atoms with Crippen molar-refractivity contribution in [3.05, 3.63) is 70.0 Å². The Morgan fingerprint density at radius 2 is 1.87 bits per heavy atom. The van der Waals surface area contributed by atoms with E-state index in [1.807, 2.05) is 43.3 Å². The fraction of sp³-hybridized carbons (Fsp3) is 0.118. The number of rotatable bonds is 4. The first-order valence-corrected chi connectivity index (χ1v) is 7.74. The molecular formula is C17H13BrN2O3. The molecule has 2 aromatic carbocycles. The van der Waals surface area contributed by atoms with Crippen molar-refractivity contribution in [3.63, 3.8) is 0 Å². The number of benzene rings is 2. The Kier molecular flexibility index (Phi) is 4.52. The Balaban J connectivity index is 1.67. The Labute approximate surface area is 141 Å². The van der Waals surface area contributed by atoms with Gasteiger partial charge in [-0.1, -0.05) is 34.1 Å². The summed E-state index contributed by atoms with van der Waals surface area (Å²) in [5.41, 5.74) is 2.19. The number of halogens is 1. The van der Waals surface area contributed by atoms with Crippen LogP contribution in [0.2, 0.25) is 0 Å². The van der Waals surface area contributed by atoms with E-state index in [0.29, 0.717) is 11.5 Å². The predicted octanol–water partition coefficient (Wildman–Crippen LogP) is 4.16. The van der Waals surface area contributed by atoms with E-state index in [2.05, 4.69) is 26.1 Å². The van der Waals surface area contributed by atoms with Gasteiger partial charge >= 0.3 is 5.97 Å². The fourth-order valence-electron chi connectivity index (χ4n) is 2.03. The molecule has 0 radical (unpaired) electrons. The van der Waals surface area contributed by atoms with Gasteiger partial charge in [-0.25, -0.2) is 4.79 Å². The molecule has 0 atom stereocenters. The van der Waals surface area contributed by atoms with Crippen molar-refractivity contribution in [3.8, 4) is 11.5 Å². The number of aromatic nitrogens is 2. The van der Waals surface area contributed by atoms with Gasteiger partial charge in [0.05, 0.1) is 5.56 Å². The standard InChI is InChI=1S/C17H13BrN2O3/c1-11-4-2-3-5-14(11)17(21)22-10-15-19-20-16(23-15)12-6-8-13(18)9-7-12/h2-9H,10H2,1H3. The van der Waals surface area contributed by atoms with Gasteiger partial charge in [0.1, 0.15) is 0 Å². The second-order valence-corrected chi connectivity index (χ2v) is 5.81. The van der Waals surface area contributed by atoms with E-state index in [4.69, 9.17) is 9.15 Å². The van der Waals surface area contributed by atoms with E-state index in [-0.39, 0.29) is 12.5 Å². The zero-order valence-corrected chi connectivity index (χ0v) is 13.9. The molecule has 1 aromatic heterocycles. The number of aryl methyl sites for hydroxylation is 1. The SMILES string of the molecule is Cc1ccccc1C(=O)OCc1nnc(-c2ccc(Br)cc2)o1. The topological polar surface area (TPSA) is 65.2 Å². The van der Waals surface area contributed by atoms with Crippen LogP contribution in [0, 0.1) is 6.92 Å². The predicted molar refractivity (Wildman–Crippen MR) is 87.7 cm³/mol. The van der Waals surface area contributed by atoms with Crippen LogP contribution in [0.1, 0.15) is 21.8 Å². The molecule has 0 aliphatic rings. The average molecular weight is 373 g/mol. The molecule has 5 nitrogen and oxygen atoms in total. The lowest BCUT2D eigenvalue weighted by Gasteiger charge is -2.04. The molecule has 0 aliphatic carbocycles. The van der Waals surface area contributed by atoms with Gasteiger partial charge in [0, 0.05) is 10.0 Å². The van der Waals surface area contributed by atoms with Gasteiger partial charge in [-0.2, -0.15) is 0 Å². The molecule has 6 heteroatoms. The molecule has 0 spiro atoms. The molecule has 0 saturated carbocycles. The minimum absolute atomic E-state index is 0.0588. The maximum absolute atomic E-state index is 12.0. The van der Waals surface area contributed by atoms with Gasteiger partial charge in [-0.3, -0.25) is 0 Å². The van der Waals surface area contributed by atoms with Crippen molar-refractivity contribution in [1.29, 1.82) is 0 Å². The van der Waals surface area contributed by atoms with E-state index < -0.39 is 5.97 Å². The van der Waals surface area contributed by atoms with E-state index in [0.717, 1.165) is 15.6 Å². The quantitative estimate of drug-likeness (QED) is 0.643. The van der Waals surface area contributed by atoms with Crippen molar-refractivity contribution in [2.75, 3.05) is 0 Å². The number of hydrogen-bond acceptors (Lipinski definition) is 5. The summed E-state index contributed by atoms with van der Waals surface area (Å²) in [6, 6.07) is 14.7. The number of esters is 1. The number of nitrogens with zero attached hydrogens (tertiary/aromatic N) is 2. The fourth-order valence-corrected chi connectivity index (χ4v) is 2.29. The Bertz CT molecular complexity index is 828. The number of carbonyl (C=O) groups is 1. The Morgan fingerprint density at radius 3 is 2.61 bits per heavy atom. The lowest BCUT2D eigenvalue weighted by molar-refractivity contribution is 0.0438. The molecule has 3 rings (SSSR count). The molecule has 0 aliphatic heterocycles. The molecular weight excluding hydrogens is 360 g/mol. The lowest BCUT2D eigenvalue weighted by Crippen LogP contribution is -2.07. The van der Waals surface area contributed by atoms with Gasteiger partial charge < -0.3 is 9.15 Å². The lowest BCUT2D eigenvalue weighted by atomic mass is 10.1. The zero-order valence-electron chi connectivity index (χ0n) is 12.3. The highest BCUT2D eigenvalue weighted by molar-refractivity contribution is 9.10. The van der Waals surface area contributed by atoms with E-state index in [9.17, 15) is 4.79 Å².